The molecule has 0 heterocycles. The predicted molar refractivity (Wildman–Crippen MR) is 66.9 cm³/mol. The number of benzene rings is 1. The Bertz CT molecular complexity index is 432. The van der Waals surface area contributed by atoms with Crippen LogP contribution in [0.4, 0.5) is 0 Å². The van der Waals surface area contributed by atoms with E-state index in [9.17, 15) is 9.90 Å². The number of hydrogen-bond acceptors (Lipinski definition) is 4. The Balaban J connectivity index is 2.12. The molecule has 0 fully saturated rings. The van der Waals surface area contributed by atoms with Gasteiger partial charge in [0.05, 0.1) is 12.1 Å². The van der Waals surface area contributed by atoms with Crippen molar-refractivity contribution in [3.63, 3.8) is 0 Å². The molecule has 1 aromatic rings. The van der Waals surface area contributed by atoms with E-state index in [1.807, 2.05) is 24.3 Å². The fourth-order valence-corrected chi connectivity index (χ4v) is 2.30. The Morgan fingerprint density at radius 2 is 2.33 bits per heavy atom. The van der Waals surface area contributed by atoms with E-state index in [1.165, 1.54) is 7.11 Å². The first-order valence-corrected chi connectivity index (χ1v) is 5.96. The lowest BCUT2D eigenvalue weighted by Crippen LogP contribution is -2.44. The number of rotatable bonds is 4. The van der Waals surface area contributed by atoms with Gasteiger partial charge in [0.1, 0.15) is 6.10 Å². The van der Waals surface area contributed by atoms with Crippen molar-refractivity contribution >= 4 is 5.91 Å². The number of hydrogen-bond donors (Lipinski definition) is 3. The third-order valence-corrected chi connectivity index (χ3v) is 3.29. The molecular weight excluding hydrogens is 232 g/mol. The van der Waals surface area contributed by atoms with Crippen molar-refractivity contribution in [2.45, 2.75) is 24.7 Å². The van der Waals surface area contributed by atoms with Crippen molar-refractivity contribution in [2.24, 2.45) is 5.73 Å². The van der Waals surface area contributed by atoms with Crippen molar-refractivity contribution in [1.29, 1.82) is 0 Å². The summed E-state index contributed by atoms with van der Waals surface area (Å²) in [7, 11) is 1.44. The number of carbonyl (C=O) groups excluding carboxylic acids is 1. The van der Waals surface area contributed by atoms with E-state index in [2.05, 4.69) is 5.32 Å². The molecule has 0 spiro atoms. The smallest absolute Gasteiger partial charge is 0.251 e. The summed E-state index contributed by atoms with van der Waals surface area (Å²) in [5, 5.41) is 12.8. The Kier molecular flexibility index (Phi) is 3.96. The summed E-state index contributed by atoms with van der Waals surface area (Å²) in [5.41, 5.74) is 7.47. The monoisotopic (exact) mass is 250 g/mol. The van der Waals surface area contributed by atoms with Gasteiger partial charge in [-0.25, -0.2) is 0 Å². The van der Waals surface area contributed by atoms with Gasteiger partial charge in [-0.2, -0.15) is 0 Å². The zero-order valence-electron chi connectivity index (χ0n) is 10.3. The van der Waals surface area contributed by atoms with Gasteiger partial charge in [-0.05, 0) is 11.1 Å². The van der Waals surface area contributed by atoms with E-state index in [-0.39, 0.29) is 18.5 Å². The molecule has 0 radical (unpaired) electrons. The molecule has 0 bridgehead atoms. The maximum Gasteiger partial charge on any atom is 0.251 e. The van der Waals surface area contributed by atoms with Gasteiger partial charge in [0.15, 0.2) is 0 Å². The maximum absolute atomic E-state index is 11.9. The van der Waals surface area contributed by atoms with Crippen molar-refractivity contribution in [3.8, 4) is 0 Å². The average Bonchev–Trinajstić information content (AvgIpc) is 2.68. The quantitative estimate of drug-likeness (QED) is 0.687. The van der Waals surface area contributed by atoms with Gasteiger partial charge in [0.2, 0.25) is 0 Å². The number of nitrogens with two attached hydrogens (primary N) is 1. The summed E-state index contributed by atoms with van der Waals surface area (Å²) in [6.45, 7) is 0.118. The molecular formula is C13H18N2O3. The van der Waals surface area contributed by atoms with E-state index >= 15 is 0 Å². The van der Waals surface area contributed by atoms with Gasteiger partial charge in [-0.1, -0.05) is 24.3 Å². The van der Waals surface area contributed by atoms with Crippen LogP contribution in [0.5, 0.6) is 0 Å². The van der Waals surface area contributed by atoms with Crippen LogP contribution in [-0.2, 0) is 16.0 Å². The number of fused-ring (bicyclic) bond motifs is 1. The summed E-state index contributed by atoms with van der Waals surface area (Å²) in [4.78, 5) is 11.9. The lowest BCUT2D eigenvalue weighted by atomic mass is 10.1. The van der Waals surface area contributed by atoms with Gasteiger partial charge < -0.3 is 20.9 Å². The lowest BCUT2D eigenvalue weighted by Gasteiger charge is -2.21. The number of methoxy groups -OCH3 is 1. The topological polar surface area (TPSA) is 84.6 Å². The maximum atomic E-state index is 11.9. The third-order valence-electron chi connectivity index (χ3n) is 3.29. The zero-order chi connectivity index (χ0) is 13.1. The number of aliphatic hydroxyl groups is 1. The molecule has 2 rings (SSSR count). The van der Waals surface area contributed by atoms with Crippen LogP contribution in [0.25, 0.3) is 0 Å². The summed E-state index contributed by atoms with van der Waals surface area (Å²) in [5.74, 6) is -0.291. The summed E-state index contributed by atoms with van der Waals surface area (Å²) in [6.07, 6.45) is -0.715. The molecule has 1 unspecified atom stereocenters. The largest absolute Gasteiger partial charge is 0.390 e. The molecule has 0 saturated heterocycles. The second kappa shape index (κ2) is 5.48. The summed E-state index contributed by atoms with van der Waals surface area (Å²) in [6, 6.07) is 7.32. The van der Waals surface area contributed by atoms with Gasteiger partial charge >= 0.3 is 0 Å². The van der Waals surface area contributed by atoms with Crippen molar-refractivity contribution in [2.75, 3.05) is 13.7 Å². The second-order valence-corrected chi connectivity index (χ2v) is 4.42. The molecule has 0 aromatic heterocycles. The van der Waals surface area contributed by atoms with Gasteiger partial charge in [0.25, 0.3) is 5.91 Å². The molecule has 1 amide bonds. The number of aliphatic hydroxyl groups excluding tert-OH is 1. The minimum Gasteiger partial charge on any atom is -0.390 e. The SMILES string of the molecule is COC(CN)C(=O)N[C@@H]1c2ccccc2C[C@@H]1O. The van der Waals surface area contributed by atoms with Crippen LogP contribution in [0.15, 0.2) is 24.3 Å². The highest BCUT2D eigenvalue weighted by Gasteiger charge is 2.33. The highest BCUT2D eigenvalue weighted by atomic mass is 16.5. The molecule has 18 heavy (non-hydrogen) atoms. The number of amides is 1. The van der Waals surface area contributed by atoms with Gasteiger partial charge in [0, 0.05) is 20.1 Å². The van der Waals surface area contributed by atoms with Crippen LogP contribution in [0, 0.1) is 0 Å². The van der Waals surface area contributed by atoms with E-state index in [0.29, 0.717) is 6.42 Å². The molecule has 1 aliphatic carbocycles. The van der Waals surface area contributed by atoms with Gasteiger partial charge in [-0.3, -0.25) is 4.79 Å². The molecule has 98 valence electrons. The lowest BCUT2D eigenvalue weighted by molar-refractivity contribution is -0.132. The Hall–Kier alpha value is -1.43. The standard InChI is InChI=1S/C13H18N2O3/c1-18-11(7-14)13(17)15-12-9-5-3-2-4-8(9)6-10(12)16/h2-5,10-12,16H,6-7,14H2,1H3,(H,15,17)/t10-,11?,12+/m0/s1. The third kappa shape index (κ3) is 2.38. The van der Waals surface area contributed by atoms with E-state index in [0.717, 1.165) is 11.1 Å². The molecule has 1 aliphatic rings. The first-order valence-electron chi connectivity index (χ1n) is 5.96. The number of nitrogens with one attached hydrogen (secondary N) is 1. The van der Waals surface area contributed by atoms with Gasteiger partial charge in [-0.15, -0.1) is 0 Å². The Morgan fingerprint density at radius 1 is 1.61 bits per heavy atom. The van der Waals surface area contributed by atoms with Crippen molar-refractivity contribution < 1.29 is 14.6 Å². The average molecular weight is 250 g/mol. The molecule has 3 atom stereocenters. The van der Waals surface area contributed by atoms with Crippen molar-refractivity contribution in [3.05, 3.63) is 35.4 Å². The number of carbonyl (C=O) groups is 1. The molecule has 5 nitrogen and oxygen atoms in total. The Morgan fingerprint density at radius 3 is 3.00 bits per heavy atom. The van der Waals surface area contributed by atoms with Crippen LogP contribution in [0.2, 0.25) is 0 Å². The molecule has 0 saturated carbocycles. The van der Waals surface area contributed by atoms with Crippen molar-refractivity contribution in [1.82, 2.24) is 5.32 Å². The van der Waals surface area contributed by atoms with E-state index in [1.54, 1.807) is 0 Å². The second-order valence-electron chi connectivity index (χ2n) is 4.42. The van der Waals surface area contributed by atoms with Crippen LogP contribution in [0.1, 0.15) is 17.2 Å². The Labute approximate surface area is 106 Å². The zero-order valence-corrected chi connectivity index (χ0v) is 10.3. The predicted octanol–water partition coefficient (Wildman–Crippen LogP) is -0.265. The van der Waals surface area contributed by atoms with E-state index < -0.39 is 12.2 Å². The van der Waals surface area contributed by atoms with Crippen LogP contribution in [-0.4, -0.2) is 36.9 Å². The van der Waals surface area contributed by atoms with Crippen LogP contribution < -0.4 is 11.1 Å². The minimum atomic E-state index is -0.676. The molecule has 5 heteroatoms. The minimum absolute atomic E-state index is 0.118. The molecule has 1 aromatic carbocycles. The summed E-state index contributed by atoms with van der Waals surface area (Å²) < 4.78 is 4.98. The van der Waals surface area contributed by atoms with Crippen LogP contribution >= 0.6 is 0 Å². The first-order chi connectivity index (χ1) is 8.67. The fraction of sp³-hybridized carbons (Fsp3) is 0.462. The number of ether oxygens (including phenoxy) is 1. The summed E-state index contributed by atoms with van der Waals surface area (Å²) >= 11 is 0. The highest BCUT2D eigenvalue weighted by Crippen LogP contribution is 2.31. The first kappa shape index (κ1) is 13.0. The fourth-order valence-electron chi connectivity index (χ4n) is 2.30. The normalized spacial score (nSPS) is 23.5. The van der Waals surface area contributed by atoms with Crippen LogP contribution in [0.3, 0.4) is 0 Å². The highest BCUT2D eigenvalue weighted by molar-refractivity contribution is 5.81. The molecule has 4 N–H and O–H groups in total. The van der Waals surface area contributed by atoms with E-state index in [4.69, 9.17) is 10.5 Å². The molecule has 0 aliphatic heterocycles.